The van der Waals surface area contributed by atoms with E-state index in [-0.39, 0.29) is 5.75 Å². The second-order valence-corrected chi connectivity index (χ2v) is 6.72. The topological polar surface area (TPSA) is 98.4 Å². The van der Waals surface area contributed by atoms with Gasteiger partial charge in [-0.2, -0.15) is 5.26 Å². The number of aromatic nitrogens is 1. The number of aliphatic carboxylic acids is 1. The van der Waals surface area contributed by atoms with Gasteiger partial charge in [0.05, 0.1) is 21.7 Å². The minimum absolute atomic E-state index is 0.00640. The molecule has 0 radical (unpaired) electrons. The Labute approximate surface area is 133 Å². The molecule has 2 rings (SSSR count). The summed E-state index contributed by atoms with van der Waals surface area (Å²) in [4.78, 5) is 19.2. The number of nitrogens with zero attached hydrogens (tertiary/aromatic N) is 3. The summed E-state index contributed by atoms with van der Waals surface area (Å²) < 4.78 is 1.65. The van der Waals surface area contributed by atoms with Crippen molar-refractivity contribution in [2.75, 3.05) is 12.0 Å². The molecule has 0 fully saturated rings. The van der Waals surface area contributed by atoms with E-state index in [2.05, 4.69) is 15.3 Å². The lowest BCUT2D eigenvalue weighted by atomic mass is 10.3. The molecule has 0 unspecified atom stereocenters. The van der Waals surface area contributed by atoms with Crippen molar-refractivity contribution in [1.82, 2.24) is 10.3 Å². The average Bonchev–Trinajstić information content (AvgIpc) is 2.86. The summed E-state index contributed by atoms with van der Waals surface area (Å²) in [7, 11) is 0. The van der Waals surface area contributed by atoms with Crippen LogP contribution in [0.1, 0.15) is 0 Å². The molecule has 2 aromatic rings. The van der Waals surface area contributed by atoms with Crippen molar-refractivity contribution in [3.05, 3.63) is 18.2 Å². The number of aliphatic imine (C=N–C) groups is 1. The second kappa shape index (κ2) is 7.31. The molecular formula is C12H10N4O2S3. The SMILES string of the molecule is CSC(=Nc1ccc2nc(SCC(=O)O)sc2c1)NC#N. The Morgan fingerprint density at radius 1 is 1.62 bits per heavy atom. The highest BCUT2D eigenvalue weighted by molar-refractivity contribution is 8.13. The maximum absolute atomic E-state index is 10.6. The van der Waals surface area contributed by atoms with Crippen molar-refractivity contribution < 1.29 is 9.90 Å². The van der Waals surface area contributed by atoms with E-state index in [1.165, 1.54) is 34.9 Å². The lowest BCUT2D eigenvalue weighted by Crippen LogP contribution is -2.12. The summed E-state index contributed by atoms with van der Waals surface area (Å²) in [6.07, 6.45) is 3.67. The molecule has 0 atom stereocenters. The van der Waals surface area contributed by atoms with Gasteiger partial charge in [-0.25, -0.2) is 9.98 Å². The average molecular weight is 338 g/mol. The molecule has 9 heteroatoms. The van der Waals surface area contributed by atoms with Crippen LogP contribution in [0.25, 0.3) is 10.2 Å². The summed E-state index contributed by atoms with van der Waals surface area (Å²) in [5, 5.41) is 20.3. The number of nitriles is 1. The molecule has 0 amide bonds. The molecule has 0 aliphatic carbocycles. The summed E-state index contributed by atoms with van der Waals surface area (Å²) in [5.74, 6) is -0.871. The quantitative estimate of drug-likeness (QED) is 0.291. The van der Waals surface area contributed by atoms with Crippen LogP contribution < -0.4 is 5.32 Å². The first-order valence-corrected chi connectivity index (χ1v) is 8.68. The van der Waals surface area contributed by atoms with Gasteiger partial charge in [-0.15, -0.1) is 11.3 Å². The van der Waals surface area contributed by atoms with Gasteiger partial charge in [-0.3, -0.25) is 10.1 Å². The number of hydrogen-bond acceptors (Lipinski definition) is 7. The van der Waals surface area contributed by atoms with E-state index >= 15 is 0 Å². The molecule has 0 aliphatic heterocycles. The maximum Gasteiger partial charge on any atom is 0.313 e. The number of carbonyl (C=O) groups is 1. The molecule has 2 N–H and O–H groups in total. The van der Waals surface area contributed by atoms with E-state index in [0.29, 0.717) is 15.2 Å². The van der Waals surface area contributed by atoms with Crippen molar-refractivity contribution in [2.24, 2.45) is 4.99 Å². The zero-order valence-corrected chi connectivity index (χ0v) is 13.3. The molecule has 0 saturated heterocycles. The second-order valence-electron chi connectivity index (χ2n) is 3.67. The van der Waals surface area contributed by atoms with Crippen molar-refractivity contribution in [3.63, 3.8) is 0 Å². The Morgan fingerprint density at radius 2 is 2.43 bits per heavy atom. The summed E-state index contributed by atoms with van der Waals surface area (Å²) >= 11 is 3.97. The van der Waals surface area contributed by atoms with Crippen molar-refractivity contribution in [2.45, 2.75) is 4.34 Å². The summed E-state index contributed by atoms with van der Waals surface area (Å²) in [5.41, 5.74) is 1.53. The zero-order valence-electron chi connectivity index (χ0n) is 10.9. The van der Waals surface area contributed by atoms with E-state index in [1.807, 2.05) is 30.6 Å². The molecule has 108 valence electrons. The first kappa shape index (κ1) is 15.6. The van der Waals surface area contributed by atoms with Crippen LogP contribution in [0.15, 0.2) is 27.5 Å². The highest BCUT2D eigenvalue weighted by atomic mass is 32.2. The highest BCUT2D eigenvalue weighted by Crippen LogP contribution is 2.32. The van der Waals surface area contributed by atoms with Crippen LogP contribution in [0.4, 0.5) is 5.69 Å². The van der Waals surface area contributed by atoms with Gasteiger partial charge in [-0.05, 0) is 24.5 Å². The molecule has 6 nitrogen and oxygen atoms in total. The van der Waals surface area contributed by atoms with Crippen LogP contribution >= 0.6 is 34.9 Å². The van der Waals surface area contributed by atoms with Crippen LogP contribution in [-0.4, -0.2) is 33.2 Å². The van der Waals surface area contributed by atoms with Crippen molar-refractivity contribution in [3.8, 4) is 6.19 Å². The van der Waals surface area contributed by atoms with Crippen LogP contribution in [0.3, 0.4) is 0 Å². The molecule has 0 saturated carbocycles. The number of fused-ring (bicyclic) bond motifs is 1. The predicted octanol–water partition coefficient (Wildman–Crippen LogP) is 2.89. The molecular weight excluding hydrogens is 328 g/mol. The lowest BCUT2D eigenvalue weighted by molar-refractivity contribution is -0.133. The Bertz CT molecular complexity index is 736. The number of rotatable bonds is 4. The van der Waals surface area contributed by atoms with Gasteiger partial charge in [0.25, 0.3) is 0 Å². The Balaban J connectivity index is 2.25. The maximum atomic E-state index is 10.6. The van der Waals surface area contributed by atoms with E-state index in [4.69, 9.17) is 10.4 Å². The van der Waals surface area contributed by atoms with E-state index in [1.54, 1.807) is 0 Å². The van der Waals surface area contributed by atoms with Crippen LogP contribution in [-0.2, 0) is 4.79 Å². The summed E-state index contributed by atoms with van der Waals surface area (Å²) in [6.45, 7) is 0. The summed E-state index contributed by atoms with van der Waals surface area (Å²) in [6, 6.07) is 5.51. The van der Waals surface area contributed by atoms with Crippen molar-refractivity contribution in [1.29, 1.82) is 5.26 Å². The Hall–Kier alpha value is -1.76. The third-order valence-corrected chi connectivity index (χ3v) is 4.98. The fourth-order valence-corrected chi connectivity index (χ4v) is 3.60. The largest absolute Gasteiger partial charge is 0.481 e. The van der Waals surface area contributed by atoms with Gasteiger partial charge in [0.15, 0.2) is 15.7 Å². The molecule has 0 spiro atoms. The number of thiazole rings is 1. The number of thioether (sulfide) groups is 2. The number of carboxylic acid groups (broad SMARTS) is 1. The number of hydrogen-bond donors (Lipinski definition) is 2. The number of nitrogens with one attached hydrogen (secondary N) is 1. The molecule has 1 aromatic heterocycles. The first-order chi connectivity index (χ1) is 10.1. The first-order valence-electron chi connectivity index (χ1n) is 5.65. The van der Waals surface area contributed by atoms with E-state index in [9.17, 15) is 4.79 Å². The van der Waals surface area contributed by atoms with Gasteiger partial charge in [-0.1, -0.05) is 23.5 Å². The monoisotopic (exact) mass is 338 g/mol. The van der Waals surface area contributed by atoms with Gasteiger partial charge in [0, 0.05) is 0 Å². The third kappa shape index (κ3) is 4.35. The Kier molecular flexibility index (Phi) is 5.44. The molecule has 0 bridgehead atoms. The van der Waals surface area contributed by atoms with Crippen molar-refractivity contribution >= 4 is 61.9 Å². The molecule has 1 aromatic carbocycles. The third-order valence-electron chi connectivity index (χ3n) is 2.26. The lowest BCUT2D eigenvalue weighted by Gasteiger charge is -1.99. The predicted molar refractivity (Wildman–Crippen MR) is 87.3 cm³/mol. The van der Waals surface area contributed by atoms with Crippen LogP contribution in [0.2, 0.25) is 0 Å². The van der Waals surface area contributed by atoms with Gasteiger partial charge >= 0.3 is 5.97 Å². The number of amidine groups is 1. The number of carboxylic acids is 1. The van der Waals surface area contributed by atoms with E-state index < -0.39 is 5.97 Å². The normalized spacial score (nSPS) is 11.3. The standard InChI is InChI=1S/C12H10N4O2S3/c1-19-11(14-6-13)15-7-2-3-8-9(4-7)21-12(16-8)20-5-10(17)18/h2-4H,5H2,1H3,(H,14,15)(H,17,18). The highest BCUT2D eigenvalue weighted by Gasteiger charge is 2.07. The molecule has 21 heavy (non-hydrogen) atoms. The Morgan fingerprint density at radius 3 is 3.10 bits per heavy atom. The molecule has 0 aliphatic rings. The van der Waals surface area contributed by atoms with Gasteiger partial charge < -0.3 is 5.11 Å². The van der Waals surface area contributed by atoms with E-state index in [0.717, 1.165) is 10.2 Å². The fourth-order valence-electron chi connectivity index (χ4n) is 1.44. The minimum atomic E-state index is -0.864. The smallest absolute Gasteiger partial charge is 0.313 e. The zero-order chi connectivity index (χ0) is 15.2. The van der Waals surface area contributed by atoms with Gasteiger partial charge in [0.1, 0.15) is 0 Å². The molecule has 1 heterocycles. The minimum Gasteiger partial charge on any atom is -0.481 e. The van der Waals surface area contributed by atoms with Gasteiger partial charge in [0.2, 0.25) is 0 Å². The van der Waals surface area contributed by atoms with Crippen LogP contribution in [0.5, 0.6) is 0 Å². The number of benzene rings is 1. The van der Waals surface area contributed by atoms with Crippen LogP contribution in [0, 0.1) is 11.5 Å². The fraction of sp³-hybridized carbons (Fsp3) is 0.167.